The third kappa shape index (κ3) is 8.98. The second kappa shape index (κ2) is 16.6. The van der Waals surface area contributed by atoms with Crippen LogP contribution < -0.4 is 10.1 Å². The topological polar surface area (TPSA) is 184 Å². The van der Waals surface area contributed by atoms with E-state index in [4.69, 9.17) is 9.47 Å². The maximum absolute atomic E-state index is 13.8. The second-order valence-corrected chi connectivity index (χ2v) is 11.2. The van der Waals surface area contributed by atoms with Gasteiger partial charge in [-0.2, -0.15) is 10.2 Å². The molecular weight excluding hydrogens is 633 g/mol. The number of benzene rings is 1. The summed E-state index contributed by atoms with van der Waals surface area (Å²) in [6, 6.07) is 8.74. The Balaban J connectivity index is 1.46. The van der Waals surface area contributed by atoms with Crippen molar-refractivity contribution in [1.82, 2.24) is 34.9 Å². The maximum atomic E-state index is 13.8. The minimum atomic E-state index is -1.20. The van der Waals surface area contributed by atoms with Crippen LogP contribution in [0.1, 0.15) is 43.6 Å². The summed E-state index contributed by atoms with van der Waals surface area (Å²) in [4.78, 5) is 79.8. The summed E-state index contributed by atoms with van der Waals surface area (Å²) in [7, 11) is 0. The molecule has 2 N–H and O–H groups in total. The average molecular weight is 674 g/mol. The van der Waals surface area contributed by atoms with Gasteiger partial charge in [-0.05, 0) is 38.8 Å². The third-order valence-corrected chi connectivity index (χ3v) is 8.03. The SMILES string of the molecule is CCOC(=O)N1CCN(C(=O)C(CCC(=O)O)NC(=O)c2cc(OCC(=O)N3CCC(C(=O)N(F)CC)C3)n(-c3ccccc3)n2)CC1. The summed E-state index contributed by atoms with van der Waals surface area (Å²) in [5, 5.41) is 16.4. The van der Waals surface area contributed by atoms with Gasteiger partial charge >= 0.3 is 12.1 Å². The highest BCUT2D eigenvalue weighted by atomic mass is 19.2. The summed E-state index contributed by atoms with van der Waals surface area (Å²) in [5.74, 6) is -4.16. The van der Waals surface area contributed by atoms with Gasteiger partial charge in [0.2, 0.25) is 11.8 Å². The fourth-order valence-electron chi connectivity index (χ4n) is 5.40. The number of aromatic nitrogens is 2. The van der Waals surface area contributed by atoms with Crippen LogP contribution in [0.3, 0.4) is 0 Å². The largest absolute Gasteiger partial charge is 0.481 e. The van der Waals surface area contributed by atoms with E-state index in [9.17, 15) is 38.4 Å². The zero-order valence-electron chi connectivity index (χ0n) is 26.9. The van der Waals surface area contributed by atoms with E-state index in [1.165, 1.54) is 32.4 Å². The lowest BCUT2D eigenvalue weighted by atomic mass is 10.1. The van der Waals surface area contributed by atoms with Crippen LogP contribution in [-0.4, -0.2) is 135 Å². The quantitative estimate of drug-likeness (QED) is 0.292. The van der Waals surface area contributed by atoms with Crippen molar-refractivity contribution in [3.05, 3.63) is 42.1 Å². The number of carbonyl (C=O) groups is 6. The van der Waals surface area contributed by atoms with Gasteiger partial charge in [-0.3, -0.25) is 24.0 Å². The molecule has 0 radical (unpaired) electrons. The molecule has 5 amide bonds. The van der Waals surface area contributed by atoms with E-state index in [0.717, 1.165) is 0 Å². The number of aliphatic carboxylic acids is 1. The number of carboxylic acids is 1. The third-order valence-electron chi connectivity index (χ3n) is 8.03. The molecule has 1 aromatic heterocycles. The molecular formula is C31H40FN7O9. The molecule has 2 unspecified atom stereocenters. The van der Waals surface area contributed by atoms with Crippen LogP contribution >= 0.6 is 0 Å². The van der Waals surface area contributed by atoms with Crippen molar-refractivity contribution in [2.45, 2.75) is 39.2 Å². The number of halogens is 1. The molecule has 17 heteroatoms. The van der Waals surface area contributed by atoms with Gasteiger partial charge in [-0.15, -0.1) is 0 Å². The first-order valence-electron chi connectivity index (χ1n) is 15.8. The number of piperazine rings is 1. The number of rotatable bonds is 13. The predicted octanol–water partition coefficient (Wildman–Crippen LogP) is 1.10. The van der Waals surface area contributed by atoms with E-state index in [-0.39, 0.29) is 82.0 Å². The molecule has 2 aromatic rings. The molecule has 0 aliphatic carbocycles. The molecule has 0 spiro atoms. The van der Waals surface area contributed by atoms with E-state index in [0.29, 0.717) is 12.1 Å². The molecule has 2 atom stereocenters. The lowest BCUT2D eigenvalue weighted by molar-refractivity contribution is -0.150. The van der Waals surface area contributed by atoms with E-state index < -0.39 is 54.3 Å². The Morgan fingerprint density at radius 3 is 2.35 bits per heavy atom. The summed E-state index contributed by atoms with van der Waals surface area (Å²) in [6.45, 7) is 3.95. The fourth-order valence-corrected chi connectivity index (χ4v) is 5.40. The van der Waals surface area contributed by atoms with Crippen LogP contribution in [0, 0.1) is 5.92 Å². The van der Waals surface area contributed by atoms with Gasteiger partial charge in [0, 0.05) is 51.8 Å². The molecule has 260 valence electrons. The zero-order chi connectivity index (χ0) is 34.8. The van der Waals surface area contributed by atoms with Crippen molar-refractivity contribution in [3.8, 4) is 11.6 Å². The van der Waals surface area contributed by atoms with E-state index in [1.54, 1.807) is 37.3 Å². The van der Waals surface area contributed by atoms with Gasteiger partial charge in [0.1, 0.15) is 6.04 Å². The van der Waals surface area contributed by atoms with Gasteiger partial charge < -0.3 is 34.6 Å². The van der Waals surface area contributed by atoms with Crippen molar-refractivity contribution in [2.24, 2.45) is 5.92 Å². The molecule has 2 aliphatic rings. The molecule has 2 saturated heterocycles. The Morgan fingerprint density at radius 2 is 1.71 bits per heavy atom. The fraction of sp³-hybridized carbons (Fsp3) is 0.516. The average Bonchev–Trinajstić information content (AvgIpc) is 3.77. The summed E-state index contributed by atoms with van der Waals surface area (Å²) >= 11 is 0. The van der Waals surface area contributed by atoms with E-state index in [2.05, 4.69) is 10.4 Å². The Morgan fingerprint density at radius 1 is 1.02 bits per heavy atom. The van der Waals surface area contributed by atoms with Crippen LogP contribution in [0.15, 0.2) is 36.4 Å². The molecule has 2 aliphatic heterocycles. The van der Waals surface area contributed by atoms with Gasteiger partial charge in [-0.1, -0.05) is 22.7 Å². The maximum Gasteiger partial charge on any atom is 0.409 e. The highest BCUT2D eigenvalue weighted by Crippen LogP contribution is 2.22. The Bertz CT molecular complexity index is 1480. The number of nitrogens with zero attached hydrogens (tertiary/aromatic N) is 6. The zero-order valence-corrected chi connectivity index (χ0v) is 26.9. The van der Waals surface area contributed by atoms with Crippen LogP contribution in [-0.2, 0) is 23.9 Å². The molecule has 3 heterocycles. The first-order chi connectivity index (χ1) is 23.0. The Hall–Kier alpha value is -5.22. The number of hydrogen-bond donors (Lipinski definition) is 2. The number of nitrogens with one attached hydrogen (secondary N) is 1. The van der Waals surface area contributed by atoms with Gasteiger partial charge in [0.05, 0.1) is 24.8 Å². The van der Waals surface area contributed by atoms with Crippen molar-refractivity contribution in [1.29, 1.82) is 0 Å². The minimum absolute atomic E-state index is 0.0379. The molecule has 1 aromatic carbocycles. The van der Waals surface area contributed by atoms with Crippen LogP contribution in [0.5, 0.6) is 5.88 Å². The van der Waals surface area contributed by atoms with Crippen molar-refractivity contribution >= 4 is 35.7 Å². The highest BCUT2D eigenvalue weighted by Gasteiger charge is 2.34. The lowest BCUT2D eigenvalue weighted by Crippen LogP contribution is -2.56. The van der Waals surface area contributed by atoms with E-state index >= 15 is 0 Å². The monoisotopic (exact) mass is 673 g/mol. The number of para-hydroxylation sites is 1. The number of amides is 5. The number of likely N-dealkylation sites (tertiary alicyclic amines) is 1. The van der Waals surface area contributed by atoms with Gasteiger partial charge in [-0.25, -0.2) is 9.48 Å². The second-order valence-electron chi connectivity index (χ2n) is 11.2. The number of hydrogen-bond acceptors (Lipinski definition) is 9. The summed E-state index contributed by atoms with van der Waals surface area (Å²) in [5.41, 5.74) is 0.349. The normalized spacial score (nSPS) is 16.6. The van der Waals surface area contributed by atoms with Gasteiger partial charge in [0.25, 0.3) is 17.7 Å². The van der Waals surface area contributed by atoms with Crippen molar-refractivity contribution < 1.29 is 47.8 Å². The van der Waals surface area contributed by atoms with Crippen LogP contribution in [0.25, 0.3) is 5.69 Å². The number of carboxylic acid groups (broad SMARTS) is 1. The smallest absolute Gasteiger partial charge is 0.409 e. The van der Waals surface area contributed by atoms with Crippen LogP contribution in [0.4, 0.5) is 9.28 Å². The Kier molecular flexibility index (Phi) is 12.3. The minimum Gasteiger partial charge on any atom is -0.481 e. The molecule has 48 heavy (non-hydrogen) atoms. The van der Waals surface area contributed by atoms with E-state index in [1.807, 2.05) is 0 Å². The number of carbonyl (C=O) groups excluding carboxylic acids is 5. The molecule has 4 rings (SSSR count). The first kappa shape index (κ1) is 35.6. The van der Waals surface area contributed by atoms with Crippen molar-refractivity contribution in [2.75, 3.05) is 59.0 Å². The molecule has 0 saturated carbocycles. The lowest BCUT2D eigenvalue weighted by Gasteiger charge is -2.35. The summed E-state index contributed by atoms with van der Waals surface area (Å²) < 4.78 is 25.9. The first-order valence-corrected chi connectivity index (χ1v) is 15.8. The molecule has 2 fully saturated rings. The number of ether oxygens (including phenoxy) is 2. The summed E-state index contributed by atoms with van der Waals surface area (Å²) in [6.07, 6.45) is -0.749. The standard InChI is InChI=1S/C31H40FN7O9/c1-3-38(32)29(44)21-12-13-37(19-21)25(40)20-48-26-18-24(34-39(26)22-8-6-5-7-9-22)28(43)33-23(10-11-27(41)42)30(45)35-14-16-36(17-15-35)31(46)47-4-2/h5-9,18,21,23H,3-4,10-17,19-20H2,1-2H3,(H,33,43)(H,41,42). The Labute approximate surface area is 276 Å². The highest BCUT2D eigenvalue weighted by molar-refractivity contribution is 5.96. The van der Waals surface area contributed by atoms with Crippen molar-refractivity contribution in [3.63, 3.8) is 0 Å². The predicted molar refractivity (Wildman–Crippen MR) is 166 cm³/mol. The molecule has 16 nitrogen and oxygen atoms in total. The molecule has 0 bridgehead atoms. The van der Waals surface area contributed by atoms with Gasteiger partial charge in [0.15, 0.2) is 12.3 Å². The van der Waals surface area contributed by atoms with Crippen LogP contribution in [0.2, 0.25) is 0 Å².